The van der Waals surface area contributed by atoms with E-state index in [-0.39, 0.29) is 17.9 Å². The van der Waals surface area contributed by atoms with Crippen molar-refractivity contribution in [3.63, 3.8) is 0 Å². The van der Waals surface area contributed by atoms with Crippen molar-refractivity contribution in [1.82, 2.24) is 20.1 Å². The standard InChI is InChI=1S/C22H31N5O2S/c1-24-21(29)20-19(23)15-9-10-16(25-22(15)30-20)17-8-4-7-13-27(17)18(28)14-26-11-5-2-3-6-12-26/h9-10,17H,2-8,11-14,23H2,1H3,(H,24,29). The zero-order chi connectivity index (χ0) is 21.1. The molecule has 7 nitrogen and oxygen atoms in total. The van der Waals surface area contributed by atoms with Gasteiger partial charge in [0.05, 0.1) is 24.0 Å². The van der Waals surface area contributed by atoms with Crippen LogP contribution >= 0.6 is 11.3 Å². The van der Waals surface area contributed by atoms with E-state index in [2.05, 4.69) is 10.2 Å². The summed E-state index contributed by atoms with van der Waals surface area (Å²) < 4.78 is 0. The Morgan fingerprint density at radius 1 is 1.13 bits per heavy atom. The molecule has 8 heteroatoms. The Balaban J connectivity index is 1.56. The van der Waals surface area contributed by atoms with E-state index in [4.69, 9.17) is 10.7 Å². The SMILES string of the molecule is CNC(=O)c1sc2nc(C3CCCCN3C(=O)CN3CCCCCC3)ccc2c1N. The summed E-state index contributed by atoms with van der Waals surface area (Å²) in [6, 6.07) is 3.91. The molecular weight excluding hydrogens is 398 g/mol. The first kappa shape index (κ1) is 21.1. The van der Waals surface area contributed by atoms with Gasteiger partial charge >= 0.3 is 0 Å². The van der Waals surface area contributed by atoms with Crippen molar-refractivity contribution in [2.75, 3.05) is 39.0 Å². The molecule has 2 aromatic heterocycles. The van der Waals surface area contributed by atoms with Gasteiger partial charge in [0.2, 0.25) is 5.91 Å². The molecule has 0 saturated carbocycles. The Bertz CT molecular complexity index is 920. The number of anilines is 1. The van der Waals surface area contributed by atoms with Crippen LogP contribution in [0, 0.1) is 0 Å². The Hall–Kier alpha value is -2.19. The number of carbonyl (C=O) groups excluding carboxylic acids is 2. The van der Waals surface area contributed by atoms with Crippen LogP contribution in [0.5, 0.6) is 0 Å². The van der Waals surface area contributed by atoms with Gasteiger partial charge in [0, 0.05) is 19.0 Å². The van der Waals surface area contributed by atoms with Crippen LogP contribution in [0.25, 0.3) is 10.2 Å². The summed E-state index contributed by atoms with van der Waals surface area (Å²) in [5.41, 5.74) is 7.55. The fraction of sp³-hybridized carbons (Fsp3) is 0.591. The molecule has 0 aromatic carbocycles. The zero-order valence-electron chi connectivity index (χ0n) is 17.7. The molecule has 2 saturated heterocycles. The van der Waals surface area contributed by atoms with Crippen LogP contribution in [0.3, 0.4) is 0 Å². The minimum absolute atomic E-state index is 0.00518. The lowest BCUT2D eigenvalue weighted by Crippen LogP contribution is -2.44. The zero-order valence-corrected chi connectivity index (χ0v) is 18.5. The van der Waals surface area contributed by atoms with E-state index in [1.165, 1.54) is 37.0 Å². The summed E-state index contributed by atoms with van der Waals surface area (Å²) in [6.07, 6.45) is 7.95. The molecular formula is C22H31N5O2S. The number of nitrogens with two attached hydrogens (primary N) is 1. The van der Waals surface area contributed by atoms with Crippen LogP contribution in [0.15, 0.2) is 12.1 Å². The van der Waals surface area contributed by atoms with Crippen molar-refractivity contribution in [3.05, 3.63) is 22.7 Å². The third-order valence-electron chi connectivity index (χ3n) is 6.27. The molecule has 30 heavy (non-hydrogen) atoms. The number of carbonyl (C=O) groups is 2. The number of nitrogens with zero attached hydrogens (tertiary/aromatic N) is 3. The summed E-state index contributed by atoms with van der Waals surface area (Å²) in [6.45, 7) is 3.33. The maximum absolute atomic E-state index is 13.2. The molecule has 2 amide bonds. The van der Waals surface area contributed by atoms with Crippen LogP contribution in [-0.4, -0.2) is 59.8 Å². The topological polar surface area (TPSA) is 91.6 Å². The predicted octanol–water partition coefficient (Wildman–Crippen LogP) is 3.17. The predicted molar refractivity (Wildman–Crippen MR) is 121 cm³/mol. The van der Waals surface area contributed by atoms with Gasteiger partial charge in [0.15, 0.2) is 0 Å². The van der Waals surface area contributed by atoms with E-state index in [0.29, 0.717) is 17.1 Å². The summed E-state index contributed by atoms with van der Waals surface area (Å²) in [5, 5.41) is 3.44. The van der Waals surface area contributed by atoms with Crippen LogP contribution in [0.2, 0.25) is 0 Å². The van der Waals surface area contributed by atoms with Crippen molar-refractivity contribution in [1.29, 1.82) is 0 Å². The van der Waals surface area contributed by atoms with Crippen molar-refractivity contribution in [2.45, 2.75) is 51.0 Å². The van der Waals surface area contributed by atoms with Crippen LogP contribution in [0.4, 0.5) is 5.69 Å². The van der Waals surface area contributed by atoms with Gasteiger partial charge in [-0.15, -0.1) is 11.3 Å². The number of thiophene rings is 1. The number of piperidine rings is 1. The highest BCUT2D eigenvalue weighted by molar-refractivity contribution is 7.21. The molecule has 0 radical (unpaired) electrons. The first-order valence-corrected chi connectivity index (χ1v) is 11.8. The van der Waals surface area contributed by atoms with Gasteiger partial charge in [-0.1, -0.05) is 12.8 Å². The van der Waals surface area contributed by atoms with Gasteiger partial charge in [-0.05, 0) is 57.3 Å². The van der Waals surface area contributed by atoms with Crippen LogP contribution in [-0.2, 0) is 4.79 Å². The van der Waals surface area contributed by atoms with E-state index < -0.39 is 0 Å². The number of nitrogens with one attached hydrogen (secondary N) is 1. The Morgan fingerprint density at radius 3 is 2.60 bits per heavy atom. The number of nitrogen functional groups attached to an aromatic ring is 1. The monoisotopic (exact) mass is 429 g/mol. The molecule has 3 N–H and O–H groups in total. The molecule has 1 atom stereocenters. The number of pyridine rings is 1. The van der Waals surface area contributed by atoms with Gasteiger partial charge in [-0.2, -0.15) is 0 Å². The van der Waals surface area contributed by atoms with Gasteiger partial charge < -0.3 is 16.0 Å². The van der Waals surface area contributed by atoms with E-state index in [1.807, 2.05) is 17.0 Å². The molecule has 2 aliphatic rings. The van der Waals surface area contributed by atoms with Gasteiger partial charge in [-0.3, -0.25) is 14.5 Å². The fourth-order valence-corrected chi connectivity index (χ4v) is 5.64. The fourth-order valence-electron chi connectivity index (χ4n) is 4.59. The minimum Gasteiger partial charge on any atom is -0.397 e. The normalized spacial score (nSPS) is 20.8. The molecule has 4 heterocycles. The average molecular weight is 430 g/mol. The van der Waals surface area contributed by atoms with E-state index in [0.717, 1.165) is 54.8 Å². The summed E-state index contributed by atoms with van der Waals surface area (Å²) in [4.78, 5) is 35.7. The van der Waals surface area contributed by atoms with Gasteiger partial charge in [0.1, 0.15) is 9.71 Å². The Morgan fingerprint density at radius 2 is 1.87 bits per heavy atom. The average Bonchev–Trinajstić information content (AvgIpc) is 2.93. The lowest BCUT2D eigenvalue weighted by Gasteiger charge is -2.36. The number of rotatable bonds is 4. The van der Waals surface area contributed by atoms with Gasteiger partial charge in [0.25, 0.3) is 5.91 Å². The number of fused-ring (bicyclic) bond motifs is 1. The third-order valence-corrected chi connectivity index (χ3v) is 7.38. The van der Waals surface area contributed by atoms with Gasteiger partial charge in [-0.25, -0.2) is 4.98 Å². The number of hydrogen-bond acceptors (Lipinski definition) is 6. The second-order valence-corrected chi connectivity index (χ2v) is 9.30. The molecule has 4 rings (SSSR count). The lowest BCUT2D eigenvalue weighted by atomic mass is 9.98. The van der Waals surface area contributed by atoms with Crippen molar-refractivity contribution >= 4 is 39.1 Å². The molecule has 162 valence electrons. The lowest BCUT2D eigenvalue weighted by molar-refractivity contribution is -0.136. The molecule has 1 unspecified atom stereocenters. The maximum atomic E-state index is 13.2. The summed E-state index contributed by atoms with van der Waals surface area (Å²) in [7, 11) is 1.60. The summed E-state index contributed by atoms with van der Waals surface area (Å²) in [5.74, 6) is 0.0178. The van der Waals surface area contributed by atoms with Crippen LogP contribution < -0.4 is 11.1 Å². The highest BCUT2D eigenvalue weighted by Gasteiger charge is 2.30. The molecule has 2 aliphatic heterocycles. The molecule has 2 aromatic rings. The second kappa shape index (κ2) is 9.31. The number of hydrogen-bond donors (Lipinski definition) is 2. The summed E-state index contributed by atoms with van der Waals surface area (Å²) >= 11 is 1.32. The highest BCUT2D eigenvalue weighted by atomic mass is 32.1. The molecule has 0 bridgehead atoms. The molecule has 0 spiro atoms. The second-order valence-electron chi connectivity index (χ2n) is 8.30. The molecule has 0 aliphatic carbocycles. The van der Waals surface area contributed by atoms with E-state index in [1.54, 1.807) is 7.05 Å². The third kappa shape index (κ3) is 4.30. The number of aromatic nitrogens is 1. The number of amides is 2. The number of likely N-dealkylation sites (tertiary alicyclic amines) is 2. The van der Waals surface area contributed by atoms with Crippen molar-refractivity contribution in [3.8, 4) is 0 Å². The van der Waals surface area contributed by atoms with E-state index in [9.17, 15) is 9.59 Å². The Labute approximate surface area is 181 Å². The Kier molecular flexibility index (Phi) is 6.53. The largest absolute Gasteiger partial charge is 0.397 e. The first-order chi connectivity index (χ1) is 14.6. The quantitative estimate of drug-likeness (QED) is 0.779. The highest BCUT2D eigenvalue weighted by Crippen LogP contribution is 2.36. The van der Waals surface area contributed by atoms with Crippen molar-refractivity contribution in [2.24, 2.45) is 0 Å². The first-order valence-electron chi connectivity index (χ1n) is 11.0. The molecule has 2 fully saturated rings. The smallest absolute Gasteiger partial charge is 0.263 e. The minimum atomic E-state index is -0.191. The van der Waals surface area contributed by atoms with Crippen LogP contribution in [0.1, 0.15) is 66.4 Å². The van der Waals surface area contributed by atoms with Crippen molar-refractivity contribution < 1.29 is 9.59 Å². The van der Waals surface area contributed by atoms with E-state index >= 15 is 0 Å². The maximum Gasteiger partial charge on any atom is 0.263 e.